The molecule has 2 aromatic rings. The van der Waals surface area contributed by atoms with E-state index in [0.717, 1.165) is 73.8 Å². The maximum Gasteiger partial charge on any atom is 0.419 e. The Bertz CT molecular complexity index is 1310. The van der Waals surface area contributed by atoms with Gasteiger partial charge in [0, 0.05) is 5.56 Å². The highest BCUT2D eigenvalue weighted by molar-refractivity contribution is 6.03. The van der Waals surface area contributed by atoms with E-state index in [1.54, 1.807) is 24.3 Å². The lowest BCUT2D eigenvalue weighted by molar-refractivity contribution is 0.0560. The molecule has 0 radical (unpaired) electrons. The second kappa shape index (κ2) is 14.9. The monoisotopic (exact) mass is 557 g/mol. The number of imide groups is 1. The highest BCUT2D eigenvalue weighted by Gasteiger charge is 2.33. The Hall–Kier alpha value is -3.60. The molecule has 1 N–H and O–H groups in total. The molecule has 220 valence electrons. The van der Waals surface area contributed by atoms with Crippen molar-refractivity contribution < 1.29 is 19.1 Å². The van der Waals surface area contributed by atoms with E-state index in [1.165, 1.54) is 16.7 Å². The third-order valence-corrected chi connectivity index (χ3v) is 7.88. The summed E-state index contributed by atoms with van der Waals surface area (Å²) in [5.74, 6) is 0.846. The normalized spacial score (nSPS) is 16.9. The molecule has 3 rings (SSSR count). The van der Waals surface area contributed by atoms with Crippen LogP contribution in [0.5, 0.6) is 11.5 Å². The Morgan fingerprint density at radius 3 is 2.22 bits per heavy atom. The molecule has 0 unspecified atom stereocenters. The van der Waals surface area contributed by atoms with E-state index in [2.05, 4.69) is 58.2 Å². The molecule has 1 heterocycles. The van der Waals surface area contributed by atoms with Crippen molar-refractivity contribution in [1.29, 1.82) is 0 Å². The summed E-state index contributed by atoms with van der Waals surface area (Å²) in [7, 11) is 0. The highest BCUT2D eigenvalue weighted by atomic mass is 16.6. The van der Waals surface area contributed by atoms with Crippen LogP contribution < -0.4 is 14.8 Å². The number of benzene rings is 2. The lowest BCUT2D eigenvalue weighted by Gasteiger charge is -2.37. The van der Waals surface area contributed by atoms with Crippen LogP contribution in [0, 0.1) is 13.8 Å². The summed E-state index contributed by atoms with van der Waals surface area (Å²) in [5, 5.41) is 2.30. The summed E-state index contributed by atoms with van der Waals surface area (Å²) >= 11 is 0. The maximum absolute atomic E-state index is 12.5. The van der Waals surface area contributed by atoms with Gasteiger partial charge in [-0.3, -0.25) is 10.1 Å². The number of ether oxygens (including phenoxy) is 2. The highest BCUT2D eigenvalue weighted by Crippen LogP contribution is 2.42. The van der Waals surface area contributed by atoms with Crippen LogP contribution in [0.4, 0.5) is 4.79 Å². The van der Waals surface area contributed by atoms with Gasteiger partial charge in [0.25, 0.3) is 5.91 Å². The standard InChI is InChI=1S/C36H47NO4/c1-25(2)14-11-15-26(3)16-12-17-27(4)18-13-22-36(7)23-21-31-24-32(28(5)29(6)33(31)41-36)40-35(39)37-34(38)30-19-9-8-10-20-30/h8-10,14,16,18-20,24H,11-13,15,17,21-23H2,1-7H3,(H,37,38,39)/t36-/m1/s1. The average Bonchev–Trinajstić information content (AvgIpc) is 2.92. The van der Waals surface area contributed by atoms with E-state index in [1.807, 2.05) is 26.0 Å². The van der Waals surface area contributed by atoms with Crippen molar-refractivity contribution in [1.82, 2.24) is 5.32 Å². The third kappa shape index (κ3) is 9.77. The van der Waals surface area contributed by atoms with Crippen LogP contribution in [0.15, 0.2) is 71.3 Å². The van der Waals surface area contributed by atoms with Crippen molar-refractivity contribution in [3.63, 3.8) is 0 Å². The molecule has 0 saturated carbocycles. The zero-order valence-corrected chi connectivity index (χ0v) is 26.0. The molecule has 0 aromatic heterocycles. The first kappa shape index (κ1) is 31.9. The van der Waals surface area contributed by atoms with Gasteiger partial charge < -0.3 is 9.47 Å². The zero-order chi connectivity index (χ0) is 30.0. The Labute approximate surface area is 246 Å². The minimum absolute atomic E-state index is 0.246. The summed E-state index contributed by atoms with van der Waals surface area (Å²) in [6.45, 7) is 14.9. The minimum Gasteiger partial charge on any atom is -0.487 e. The van der Waals surface area contributed by atoms with Crippen molar-refractivity contribution in [2.45, 2.75) is 105 Å². The van der Waals surface area contributed by atoms with Crippen molar-refractivity contribution in [3.05, 3.63) is 93.6 Å². The first-order valence-corrected chi connectivity index (χ1v) is 14.8. The topological polar surface area (TPSA) is 64.6 Å². The predicted octanol–water partition coefficient (Wildman–Crippen LogP) is 9.52. The molecule has 0 fully saturated rings. The molecular weight excluding hydrogens is 510 g/mol. The van der Waals surface area contributed by atoms with E-state index in [0.29, 0.717) is 11.3 Å². The van der Waals surface area contributed by atoms with Gasteiger partial charge in [0.1, 0.15) is 17.1 Å². The zero-order valence-electron chi connectivity index (χ0n) is 26.0. The van der Waals surface area contributed by atoms with Crippen molar-refractivity contribution in [2.75, 3.05) is 0 Å². The molecule has 5 nitrogen and oxygen atoms in total. The van der Waals surface area contributed by atoms with Gasteiger partial charge in [-0.15, -0.1) is 0 Å². The Kier molecular flexibility index (Phi) is 11.6. The smallest absolute Gasteiger partial charge is 0.419 e. The molecule has 2 amide bonds. The van der Waals surface area contributed by atoms with Gasteiger partial charge in [-0.25, -0.2) is 4.79 Å². The molecule has 0 aliphatic carbocycles. The van der Waals surface area contributed by atoms with Crippen LogP contribution in [-0.2, 0) is 6.42 Å². The van der Waals surface area contributed by atoms with Gasteiger partial charge in [0.2, 0.25) is 0 Å². The molecule has 1 atom stereocenters. The molecule has 5 heteroatoms. The molecule has 1 aliphatic rings. The number of rotatable bonds is 11. The number of amides is 2. The molecule has 1 aliphatic heterocycles. The SMILES string of the molecule is CC(C)=CCCC(C)=CCCC(C)=CCC[C@]1(C)CCc2cc(OC(=O)NC(=O)c3ccccc3)c(C)c(C)c2O1. The van der Waals surface area contributed by atoms with Gasteiger partial charge in [-0.1, -0.05) is 53.1 Å². The van der Waals surface area contributed by atoms with Crippen LogP contribution in [0.1, 0.15) is 107 Å². The van der Waals surface area contributed by atoms with E-state index < -0.39 is 12.0 Å². The van der Waals surface area contributed by atoms with Gasteiger partial charge in [0.15, 0.2) is 0 Å². The van der Waals surface area contributed by atoms with Crippen LogP contribution in [-0.4, -0.2) is 17.6 Å². The number of hydrogen-bond donors (Lipinski definition) is 1. The summed E-state index contributed by atoms with van der Waals surface area (Å²) in [5.41, 5.74) is 7.26. The fraction of sp³-hybridized carbons (Fsp3) is 0.444. The van der Waals surface area contributed by atoms with Crippen molar-refractivity contribution in [3.8, 4) is 11.5 Å². The van der Waals surface area contributed by atoms with Gasteiger partial charge in [-0.2, -0.15) is 0 Å². The number of allylic oxidation sites excluding steroid dienone is 6. The van der Waals surface area contributed by atoms with E-state index in [4.69, 9.17) is 9.47 Å². The Balaban J connectivity index is 1.54. The minimum atomic E-state index is -0.792. The second-order valence-corrected chi connectivity index (χ2v) is 11.9. The quantitative estimate of drug-likeness (QED) is 0.279. The number of hydrogen-bond acceptors (Lipinski definition) is 4. The summed E-state index contributed by atoms with van der Waals surface area (Å²) in [6.07, 6.45) is 14.4. The van der Waals surface area contributed by atoms with Crippen LogP contribution in [0.25, 0.3) is 0 Å². The number of carbonyl (C=O) groups is 2. The fourth-order valence-corrected chi connectivity index (χ4v) is 5.08. The van der Waals surface area contributed by atoms with Gasteiger partial charge in [0.05, 0.1) is 0 Å². The van der Waals surface area contributed by atoms with Crippen molar-refractivity contribution >= 4 is 12.0 Å². The largest absolute Gasteiger partial charge is 0.487 e. The number of nitrogens with one attached hydrogen (secondary N) is 1. The molecular formula is C36H47NO4. The molecule has 0 bridgehead atoms. The fourth-order valence-electron chi connectivity index (χ4n) is 5.08. The van der Waals surface area contributed by atoms with E-state index in [9.17, 15) is 9.59 Å². The van der Waals surface area contributed by atoms with E-state index in [-0.39, 0.29) is 5.60 Å². The molecule has 0 saturated heterocycles. The second-order valence-electron chi connectivity index (χ2n) is 11.9. The lowest BCUT2D eigenvalue weighted by Crippen LogP contribution is -2.37. The summed E-state index contributed by atoms with van der Waals surface area (Å²) in [4.78, 5) is 24.8. The van der Waals surface area contributed by atoms with Crippen LogP contribution >= 0.6 is 0 Å². The predicted molar refractivity (Wildman–Crippen MR) is 168 cm³/mol. The van der Waals surface area contributed by atoms with Crippen molar-refractivity contribution in [2.24, 2.45) is 0 Å². The van der Waals surface area contributed by atoms with Gasteiger partial charge in [-0.05, 0) is 135 Å². The van der Waals surface area contributed by atoms with Crippen LogP contribution in [0.3, 0.4) is 0 Å². The summed E-state index contributed by atoms with van der Waals surface area (Å²) < 4.78 is 12.2. The first-order valence-electron chi connectivity index (χ1n) is 14.8. The summed E-state index contributed by atoms with van der Waals surface area (Å²) in [6, 6.07) is 10.5. The molecule has 2 aromatic carbocycles. The number of carbonyl (C=O) groups excluding carboxylic acids is 2. The number of fused-ring (bicyclic) bond motifs is 1. The Morgan fingerprint density at radius 2 is 1.56 bits per heavy atom. The first-order chi connectivity index (χ1) is 19.5. The van der Waals surface area contributed by atoms with E-state index >= 15 is 0 Å². The Morgan fingerprint density at radius 1 is 0.927 bits per heavy atom. The molecule has 0 spiro atoms. The molecule has 41 heavy (non-hydrogen) atoms. The van der Waals surface area contributed by atoms with Gasteiger partial charge >= 0.3 is 6.09 Å². The third-order valence-electron chi connectivity index (χ3n) is 7.88. The average molecular weight is 558 g/mol. The van der Waals surface area contributed by atoms with Crippen LogP contribution in [0.2, 0.25) is 0 Å². The lowest BCUT2D eigenvalue weighted by atomic mass is 9.86. The number of aryl methyl sites for hydroxylation is 1. The maximum atomic E-state index is 12.5.